The lowest BCUT2D eigenvalue weighted by molar-refractivity contribution is 0.238. The summed E-state index contributed by atoms with van der Waals surface area (Å²) in [6.45, 7) is 7.59. The molecule has 7 nitrogen and oxygen atoms in total. The van der Waals surface area contributed by atoms with Crippen molar-refractivity contribution in [2.75, 3.05) is 63.5 Å². The van der Waals surface area contributed by atoms with E-state index in [2.05, 4.69) is 63.1 Å². The van der Waals surface area contributed by atoms with Crippen molar-refractivity contribution in [3.05, 3.63) is 77.9 Å². The third-order valence-electron chi connectivity index (χ3n) is 8.27. The number of hydrogen-bond acceptors (Lipinski definition) is 7. The predicted octanol–water partition coefficient (Wildman–Crippen LogP) is 6.48. The van der Waals surface area contributed by atoms with Gasteiger partial charge in [-0.2, -0.15) is 0 Å². The molecule has 6 rings (SSSR count). The molecule has 0 spiro atoms. The zero-order chi connectivity index (χ0) is 29.6. The van der Waals surface area contributed by atoms with E-state index in [0.29, 0.717) is 31.1 Å². The number of sulfonamides is 1. The summed E-state index contributed by atoms with van der Waals surface area (Å²) in [7, 11) is -3.47. The Labute approximate surface area is 259 Å². The maximum atomic E-state index is 12.3. The van der Waals surface area contributed by atoms with Gasteiger partial charge in [0.1, 0.15) is 24.7 Å². The van der Waals surface area contributed by atoms with E-state index in [4.69, 9.17) is 9.47 Å². The largest absolute Gasteiger partial charge is 0.492 e. The number of nitrogens with zero attached hydrogens (tertiary/aromatic N) is 2. The standard InChI is InChI=1S/C34H41N3O4S2/c1-43(38,39)35-31-25-26(10-15-32(31)41-23-21-37-18-6-7-19-37)24-30-29-8-2-3-9-33(29)42-34(30)27-11-13-28(14-12-27)40-22-20-36-16-4-5-17-36/h2-3,8-15,25,35H,4-7,16-24H2,1H3. The maximum Gasteiger partial charge on any atom is 0.229 e. The second kappa shape index (κ2) is 13.7. The summed E-state index contributed by atoms with van der Waals surface area (Å²) < 4.78 is 40.6. The number of thiophene rings is 1. The van der Waals surface area contributed by atoms with E-state index in [1.807, 2.05) is 18.2 Å². The van der Waals surface area contributed by atoms with Crippen molar-refractivity contribution in [3.8, 4) is 21.9 Å². The van der Waals surface area contributed by atoms with E-state index in [-0.39, 0.29) is 0 Å². The molecule has 2 aliphatic heterocycles. The molecule has 0 atom stereocenters. The van der Waals surface area contributed by atoms with Crippen LogP contribution < -0.4 is 14.2 Å². The summed E-state index contributed by atoms with van der Waals surface area (Å²) in [5, 5.41) is 1.22. The van der Waals surface area contributed by atoms with Crippen LogP contribution in [0.25, 0.3) is 20.5 Å². The van der Waals surface area contributed by atoms with E-state index in [1.165, 1.54) is 65.6 Å². The summed E-state index contributed by atoms with van der Waals surface area (Å²) in [6.07, 6.45) is 6.88. The van der Waals surface area contributed by atoms with Gasteiger partial charge < -0.3 is 9.47 Å². The summed E-state index contributed by atoms with van der Waals surface area (Å²) in [5.74, 6) is 1.45. The van der Waals surface area contributed by atoms with E-state index in [9.17, 15) is 8.42 Å². The van der Waals surface area contributed by atoms with Crippen LogP contribution in [-0.4, -0.2) is 77.0 Å². The number of ether oxygens (including phenoxy) is 2. The first kappa shape index (κ1) is 29.9. The molecule has 4 aromatic rings. The molecule has 2 aliphatic rings. The molecule has 1 N–H and O–H groups in total. The molecule has 0 radical (unpaired) electrons. The molecule has 0 amide bonds. The lowest BCUT2D eigenvalue weighted by Crippen LogP contribution is -2.25. The Hall–Kier alpha value is -3.11. The third kappa shape index (κ3) is 7.89. The lowest BCUT2D eigenvalue weighted by atomic mass is 9.98. The second-order valence-electron chi connectivity index (χ2n) is 11.6. The lowest BCUT2D eigenvalue weighted by Gasteiger charge is -2.17. The van der Waals surface area contributed by atoms with Gasteiger partial charge in [0.2, 0.25) is 10.0 Å². The molecule has 0 bridgehead atoms. The van der Waals surface area contributed by atoms with E-state index >= 15 is 0 Å². The Morgan fingerprint density at radius 2 is 1.47 bits per heavy atom. The number of likely N-dealkylation sites (tertiary alicyclic amines) is 2. The number of rotatable bonds is 13. The van der Waals surface area contributed by atoms with Gasteiger partial charge in [0, 0.05) is 22.7 Å². The van der Waals surface area contributed by atoms with E-state index < -0.39 is 10.0 Å². The van der Waals surface area contributed by atoms with Gasteiger partial charge in [-0.25, -0.2) is 8.42 Å². The van der Waals surface area contributed by atoms with Gasteiger partial charge in [-0.1, -0.05) is 24.3 Å². The van der Waals surface area contributed by atoms with Crippen molar-refractivity contribution < 1.29 is 17.9 Å². The maximum absolute atomic E-state index is 12.3. The van der Waals surface area contributed by atoms with Crippen LogP contribution in [0.5, 0.6) is 11.5 Å². The predicted molar refractivity (Wildman–Crippen MR) is 177 cm³/mol. The SMILES string of the molecule is CS(=O)(=O)Nc1cc(Cc2c(-c3ccc(OCCN4CCCC4)cc3)sc3ccccc23)ccc1OCCN1CCCC1. The first-order valence-electron chi connectivity index (χ1n) is 15.3. The van der Waals surface area contributed by atoms with Gasteiger partial charge in [0.05, 0.1) is 11.9 Å². The number of hydrogen-bond donors (Lipinski definition) is 1. The van der Waals surface area contributed by atoms with Gasteiger partial charge in [-0.3, -0.25) is 14.5 Å². The molecule has 3 aromatic carbocycles. The van der Waals surface area contributed by atoms with E-state index in [0.717, 1.165) is 43.1 Å². The van der Waals surface area contributed by atoms with Crippen molar-refractivity contribution in [1.82, 2.24) is 9.80 Å². The summed E-state index contributed by atoms with van der Waals surface area (Å²) in [6, 6.07) is 22.8. The topological polar surface area (TPSA) is 71.1 Å². The molecular weight excluding hydrogens is 579 g/mol. The average molecular weight is 620 g/mol. The zero-order valence-corrected chi connectivity index (χ0v) is 26.5. The Morgan fingerprint density at radius 1 is 0.814 bits per heavy atom. The second-order valence-corrected chi connectivity index (χ2v) is 14.4. The van der Waals surface area contributed by atoms with Crippen LogP contribution in [0.4, 0.5) is 5.69 Å². The quantitative estimate of drug-likeness (QED) is 0.185. The Bertz CT molecular complexity index is 1620. The van der Waals surface area contributed by atoms with Crippen LogP contribution >= 0.6 is 11.3 Å². The highest BCUT2D eigenvalue weighted by atomic mass is 32.2. The highest BCUT2D eigenvalue weighted by molar-refractivity contribution is 7.92. The third-order valence-corrected chi connectivity index (χ3v) is 10.1. The van der Waals surface area contributed by atoms with Crippen LogP contribution in [-0.2, 0) is 16.4 Å². The van der Waals surface area contributed by atoms with Gasteiger partial charge >= 0.3 is 0 Å². The molecule has 3 heterocycles. The highest BCUT2D eigenvalue weighted by Gasteiger charge is 2.18. The van der Waals surface area contributed by atoms with Crippen molar-refractivity contribution >= 4 is 37.1 Å². The van der Waals surface area contributed by atoms with Crippen LogP contribution in [0.3, 0.4) is 0 Å². The fourth-order valence-corrected chi connectivity index (χ4v) is 7.88. The molecule has 1 aromatic heterocycles. The molecule has 0 aliphatic carbocycles. The van der Waals surface area contributed by atoms with Crippen LogP contribution in [0.15, 0.2) is 66.7 Å². The van der Waals surface area contributed by atoms with Gasteiger partial charge in [0.15, 0.2) is 0 Å². The fourth-order valence-electron chi connectivity index (χ4n) is 6.10. The van der Waals surface area contributed by atoms with Gasteiger partial charge in [0.25, 0.3) is 0 Å². The van der Waals surface area contributed by atoms with Crippen molar-refractivity contribution in [2.45, 2.75) is 32.1 Å². The van der Waals surface area contributed by atoms with Crippen molar-refractivity contribution in [2.24, 2.45) is 0 Å². The average Bonchev–Trinajstić information content (AvgIpc) is 3.77. The molecule has 0 saturated carbocycles. The highest BCUT2D eigenvalue weighted by Crippen LogP contribution is 2.41. The molecule has 2 saturated heterocycles. The monoisotopic (exact) mass is 619 g/mol. The molecule has 9 heteroatoms. The van der Waals surface area contributed by atoms with Crippen LogP contribution in [0.1, 0.15) is 36.8 Å². The normalized spacial score (nSPS) is 16.2. The Morgan fingerprint density at radius 3 is 2.14 bits per heavy atom. The number of anilines is 1. The Balaban J connectivity index is 1.22. The molecule has 0 unspecified atom stereocenters. The number of benzene rings is 3. The van der Waals surface area contributed by atoms with Crippen molar-refractivity contribution in [3.63, 3.8) is 0 Å². The summed E-state index contributed by atoms with van der Waals surface area (Å²) >= 11 is 1.79. The smallest absolute Gasteiger partial charge is 0.229 e. The zero-order valence-electron chi connectivity index (χ0n) is 24.9. The minimum atomic E-state index is -3.47. The minimum absolute atomic E-state index is 0.484. The number of nitrogens with one attached hydrogen (secondary N) is 1. The van der Waals surface area contributed by atoms with E-state index in [1.54, 1.807) is 11.3 Å². The molecule has 43 heavy (non-hydrogen) atoms. The molecule has 2 fully saturated rings. The first-order valence-corrected chi connectivity index (χ1v) is 18.0. The number of fused-ring (bicyclic) bond motifs is 1. The van der Waals surface area contributed by atoms with Crippen molar-refractivity contribution in [1.29, 1.82) is 0 Å². The first-order chi connectivity index (χ1) is 20.9. The minimum Gasteiger partial charge on any atom is -0.492 e. The summed E-state index contributed by atoms with van der Waals surface area (Å²) in [4.78, 5) is 6.06. The van der Waals surface area contributed by atoms with Gasteiger partial charge in [-0.05, 0) is 123 Å². The summed E-state index contributed by atoms with van der Waals surface area (Å²) in [5.41, 5.74) is 3.89. The van der Waals surface area contributed by atoms with Crippen LogP contribution in [0.2, 0.25) is 0 Å². The molecule has 228 valence electrons. The Kier molecular flexibility index (Phi) is 9.52. The van der Waals surface area contributed by atoms with Gasteiger partial charge in [-0.15, -0.1) is 11.3 Å². The van der Waals surface area contributed by atoms with Crippen LogP contribution in [0, 0.1) is 0 Å². The molecular formula is C34H41N3O4S2. The fraction of sp³-hybridized carbons (Fsp3) is 0.412.